The molecule has 1 aromatic heterocycles. The van der Waals surface area contributed by atoms with Crippen LogP contribution in [0.25, 0.3) is 0 Å². The average Bonchev–Trinajstić information content (AvgIpc) is 2.54. The first-order valence-electron chi connectivity index (χ1n) is 5.06. The molecule has 1 aromatic rings. The largest absolute Gasteiger partial charge is 0.380 e. The van der Waals surface area contributed by atoms with Crippen LogP contribution in [0.5, 0.6) is 0 Å². The van der Waals surface area contributed by atoms with Gasteiger partial charge in [-0.25, -0.2) is 4.68 Å². The summed E-state index contributed by atoms with van der Waals surface area (Å²) in [5, 5.41) is 11.3. The van der Waals surface area contributed by atoms with Gasteiger partial charge in [0.05, 0.1) is 18.3 Å². The monoisotopic (exact) mass is 276 g/mol. The van der Waals surface area contributed by atoms with Gasteiger partial charge >= 0.3 is 0 Å². The number of hydrogen-bond acceptors (Lipinski definition) is 4. The van der Waals surface area contributed by atoms with Crippen LogP contribution in [0, 0.1) is 0 Å². The normalized spacial score (nSPS) is 13.1. The molecular formula is C9H17BrN4O. The lowest BCUT2D eigenvalue weighted by molar-refractivity contribution is 0.121. The number of aryl methyl sites for hydroxylation is 1. The van der Waals surface area contributed by atoms with E-state index < -0.39 is 0 Å². The Morgan fingerprint density at radius 3 is 2.73 bits per heavy atom. The molecule has 0 aliphatic heterocycles. The molecule has 0 spiro atoms. The Hall–Kier alpha value is -0.460. The Labute approximate surface area is 98.3 Å². The number of nitrogens with one attached hydrogen (secondary N) is 1. The SMILES string of the molecule is CCNC(COCC)c1c(Br)nnn1C. The third-order valence-corrected chi connectivity index (χ3v) is 2.66. The van der Waals surface area contributed by atoms with Gasteiger partial charge in [0.25, 0.3) is 0 Å². The first kappa shape index (κ1) is 12.6. The quantitative estimate of drug-likeness (QED) is 0.850. The highest BCUT2D eigenvalue weighted by atomic mass is 79.9. The Morgan fingerprint density at radius 2 is 2.27 bits per heavy atom. The summed E-state index contributed by atoms with van der Waals surface area (Å²) in [5.74, 6) is 0. The molecule has 0 aliphatic carbocycles. The van der Waals surface area contributed by atoms with Gasteiger partial charge in [-0.3, -0.25) is 0 Å². The molecule has 0 bridgehead atoms. The number of rotatable bonds is 6. The van der Waals surface area contributed by atoms with Gasteiger partial charge in [-0.2, -0.15) is 0 Å². The number of ether oxygens (including phenoxy) is 1. The van der Waals surface area contributed by atoms with Crippen LogP contribution in [-0.2, 0) is 11.8 Å². The van der Waals surface area contributed by atoms with Gasteiger partial charge in [0.15, 0.2) is 4.60 Å². The van der Waals surface area contributed by atoms with E-state index in [2.05, 4.69) is 38.5 Å². The third kappa shape index (κ3) is 3.25. The van der Waals surface area contributed by atoms with E-state index in [1.165, 1.54) is 0 Å². The van der Waals surface area contributed by atoms with Crippen molar-refractivity contribution in [2.24, 2.45) is 7.05 Å². The summed E-state index contributed by atoms with van der Waals surface area (Å²) in [4.78, 5) is 0. The van der Waals surface area contributed by atoms with Crippen molar-refractivity contribution >= 4 is 15.9 Å². The summed E-state index contributed by atoms with van der Waals surface area (Å²) in [6, 6.07) is 0.129. The van der Waals surface area contributed by atoms with E-state index in [-0.39, 0.29) is 6.04 Å². The fourth-order valence-electron chi connectivity index (χ4n) is 1.43. The maximum Gasteiger partial charge on any atom is 0.153 e. The first-order chi connectivity index (χ1) is 7.20. The summed E-state index contributed by atoms with van der Waals surface area (Å²) < 4.78 is 7.96. The molecule has 1 atom stereocenters. The zero-order valence-corrected chi connectivity index (χ0v) is 10.9. The highest BCUT2D eigenvalue weighted by Crippen LogP contribution is 2.20. The fourth-order valence-corrected chi connectivity index (χ4v) is 2.03. The molecule has 0 fully saturated rings. The molecule has 0 saturated carbocycles. The summed E-state index contributed by atoms with van der Waals surface area (Å²) in [5.41, 5.74) is 1.02. The molecular weight excluding hydrogens is 260 g/mol. The van der Waals surface area contributed by atoms with E-state index in [4.69, 9.17) is 4.74 Å². The number of halogens is 1. The van der Waals surface area contributed by atoms with Crippen molar-refractivity contribution in [1.82, 2.24) is 20.3 Å². The van der Waals surface area contributed by atoms with Gasteiger partial charge < -0.3 is 10.1 Å². The molecule has 5 nitrogen and oxygen atoms in total. The molecule has 0 amide bonds. The molecule has 0 aromatic carbocycles. The van der Waals surface area contributed by atoms with E-state index in [0.29, 0.717) is 13.2 Å². The van der Waals surface area contributed by atoms with Crippen LogP contribution < -0.4 is 5.32 Å². The molecule has 0 aliphatic rings. The molecule has 0 saturated heterocycles. The van der Waals surface area contributed by atoms with Crippen molar-refractivity contribution in [2.45, 2.75) is 19.9 Å². The number of aromatic nitrogens is 3. The Bertz CT molecular complexity index is 283. The van der Waals surface area contributed by atoms with Gasteiger partial charge in [-0.1, -0.05) is 12.1 Å². The standard InChI is InChI=1S/C9H17BrN4O/c1-4-11-7(6-15-5-2)8-9(10)12-13-14(8)3/h7,11H,4-6H2,1-3H3. The number of hydrogen-bond donors (Lipinski definition) is 1. The summed E-state index contributed by atoms with van der Waals surface area (Å²) in [6.07, 6.45) is 0. The van der Waals surface area contributed by atoms with Crippen LogP contribution in [0.15, 0.2) is 4.60 Å². The predicted molar refractivity (Wildman–Crippen MR) is 61.6 cm³/mol. The van der Waals surface area contributed by atoms with Crippen LogP contribution in [-0.4, -0.2) is 34.8 Å². The summed E-state index contributed by atoms with van der Waals surface area (Å²) in [6.45, 7) is 6.28. The Balaban J connectivity index is 2.78. The third-order valence-electron chi connectivity index (χ3n) is 2.10. The molecule has 1 rings (SSSR count). The molecule has 86 valence electrons. The predicted octanol–water partition coefficient (Wildman–Crippen LogP) is 1.26. The van der Waals surface area contributed by atoms with E-state index in [9.17, 15) is 0 Å². The minimum Gasteiger partial charge on any atom is -0.380 e. The van der Waals surface area contributed by atoms with Crippen LogP contribution >= 0.6 is 15.9 Å². The maximum atomic E-state index is 5.43. The molecule has 15 heavy (non-hydrogen) atoms. The zero-order valence-electron chi connectivity index (χ0n) is 9.33. The lowest BCUT2D eigenvalue weighted by atomic mass is 10.2. The molecule has 1 unspecified atom stereocenters. The summed E-state index contributed by atoms with van der Waals surface area (Å²) >= 11 is 3.39. The second-order valence-corrected chi connectivity index (χ2v) is 3.91. The van der Waals surface area contributed by atoms with Crippen molar-refractivity contribution in [2.75, 3.05) is 19.8 Å². The van der Waals surface area contributed by atoms with Crippen LogP contribution in [0.1, 0.15) is 25.6 Å². The van der Waals surface area contributed by atoms with Gasteiger partial charge in [-0.15, -0.1) is 5.10 Å². The smallest absolute Gasteiger partial charge is 0.153 e. The second-order valence-electron chi connectivity index (χ2n) is 3.16. The van der Waals surface area contributed by atoms with E-state index in [1.54, 1.807) is 4.68 Å². The topological polar surface area (TPSA) is 52.0 Å². The van der Waals surface area contributed by atoms with Crippen molar-refractivity contribution in [3.63, 3.8) is 0 Å². The number of nitrogens with zero attached hydrogens (tertiary/aromatic N) is 3. The molecule has 6 heteroatoms. The molecule has 1 N–H and O–H groups in total. The lowest BCUT2D eigenvalue weighted by Crippen LogP contribution is -2.27. The highest BCUT2D eigenvalue weighted by molar-refractivity contribution is 9.10. The van der Waals surface area contributed by atoms with Gasteiger partial charge in [0.2, 0.25) is 0 Å². The van der Waals surface area contributed by atoms with Crippen LogP contribution in [0.4, 0.5) is 0 Å². The van der Waals surface area contributed by atoms with Crippen LogP contribution in [0.2, 0.25) is 0 Å². The zero-order chi connectivity index (χ0) is 11.3. The Kier molecular flexibility index (Phi) is 5.21. The number of likely N-dealkylation sites (N-methyl/N-ethyl adjacent to an activating group) is 1. The van der Waals surface area contributed by atoms with E-state index in [1.807, 2.05) is 14.0 Å². The first-order valence-corrected chi connectivity index (χ1v) is 5.86. The highest BCUT2D eigenvalue weighted by Gasteiger charge is 2.19. The maximum absolute atomic E-state index is 5.43. The molecule has 1 heterocycles. The van der Waals surface area contributed by atoms with Crippen molar-refractivity contribution in [3.8, 4) is 0 Å². The minimum absolute atomic E-state index is 0.129. The van der Waals surface area contributed by atoms with Gasteiger partial charge in [-0.05, 0) is 29.4 Å². The second kappa shape index (κ2) is 6.19. The van der Waals surface area contributed by atoms with Crippen molar-refractivity contribution in [3.05, 3.63) is 10.3 Å². The lowest BCUT2D eigenvalue weighted by Gasteiger charge is -2.17. The van der Waals surface area contributed by atoms with E-state index in [0.717, 1.165) is 16.8 Å². The fraction of sp³-hybridized carbons (Fsp3) is 0.778. The Morgan fingerprint density at radius 1 is 1.53 bits per heavy atom. The average molecular weight is 277 g/mol. The molecule has 0 radical (unpaired) electrons. The van der Waals surface area contributed by atoms with Crippen molar-refractivity contribution in [1.29, 1.82) is 0 Å². The van der Waals surface area contributed by atoms with E-state index >= 15 is 0 Å². The summed E-state index contributed by atoms with van der Waals surface area (Å²) in [7, 11) is 1.88. The van der Waals surface area contributed by atoms with Gasteiger partial charge in [0, 0.05) is 13.7 Å². The van der Waals surface area contributed by atoms with Crippen molar-refractivity contribution < 1.29 is 4.74 Å². The van der Waals surface area contributed by atoms with Crippen LogP contribution in [0.3, 0.4) is 0 Å². The van der Waals surface area contributed by atoms with Gasteiger partial charge in [0.1, 0.15) is 0 Å². The minimum atomic E-state index is 0.129.